The Bertz CT molecular complexity index is 1280. The van der Waals surface area contributed by atoms with Crippen molar-refractivity contribution in [3.8, 4) is 5.75 Å². The minimum Gasteiger partial charge on any atom is -0.508 e. The topological polar surface area (TPSA) is 87.1 Å². The third kappa shape index (κ3) is 4.57. The standard InChI is InChI=1S/C27H25F6NO5/c1-2-4-14-11-19-22(20-12-21(39-25(14,20)38)13-5-3-6-18(35)7-13)24(37)34(23(19)36)17-9-15(26(28,29)30)8-16(10-17)27(31,32)33/h3,5-10,14,19-22,35,38H,2,4,11-12H2,1H3/t14-,19-,20-,21-,22-,25+/m0/s1. The zero-order chi connectivity index (χ0) is 28.5. The molecular formula is C27H25F6NO5. The van der Waals surface area contributed by atoms with Gasteiger partial charge in [0, 0.05) is 11.8 Å². The van der Waals surface area contributed by atoms with E-state index in [9.17, 15) is 46.1 Å². The fraction of sp³-hybridized carbons (Fsp3) is 0.481. The number of phenols is 1. The Kier molecular flexibility index (Phi) is 6.49. The van der Waals surface area contributed by atoms with Gasteiger partial charge in [0.2, 0.25) is 11.8 Å². The molecule has 2 saturated heterocycles. The van der Waals surface area contributed by atoms with Gasteiger partial charge in [-0.1, -0.05) is 25.5 Å². The number of amides is 2. The summed E-state index contributed by atoms with van der Waals surface area (Å²) in [6.07, 6.45) is -10.0. The molecule has 0 unspecified atom stereocenters. The zero-order valence-electron chi connectivity index (χ0n) is 20.6. The third-order valence-corrected chi connectivity index (χ3v) is 8.07. The van der Waals surface area contributed by atoms with Crippen LogP contribution >= 0.6 is 0 Å². The molecule has 5 rings (SSSR count). The summed E-state index contributed by atoms with van der Waals surface area (Å²) in [5, 5.41) is 21.6. The number of nitrogens with zero attached hydrogens (tertiary/aromatic N) is 1. The van der Waals surface area contributed by atoms with Crippen LogP contribution in [0.1, 0.15) is 55.4 Å². The van der Waals surface area contributed by atoms with Crippen LogP contribution in [0, 0.1) is 23.7 Å². The van der Waals surface area contributed by atoms with Gasteiger partial charge < -0.3 is 14.9 Å². The summed E-state index contributed by atoms with van der Waals surface area (Å²) in [5.41, 5.74) is -3.58. The second-order valence-electron chi connectivity index (χ2n) is 10.4. The van der Waals surface area contributed by atoms with Gasteiger partial charge in [0.05, 0.1) is 34.8 Å². The molecular weight excluding hydrogens is 532 g/mol. The first-order valence-corrected chi connectivity index (χ1v) is 12.5. The molecule has 210 valence electrons. The van der Waals surface area contributed by atoms with E-state index >= 15 is 0 Å². The van der Waals surface area contributed by atoms with Gasteiger partial charge in [-0.25, -0.2) is 0 Å². The number of carbonyl (C=O) groups is 2. The molecule has 0 aromatic heterocycles. The van der Waals surface area contributed by atoms with Crippen LogP contribution in [0.15, 0.2) is 42.5 Å². The fourth-order valence-electron chi connectivity index (χ4n) is 6.41. The number of alkyl halides is 6. The fourth-order valence-corrected chi connectivity index (χ4v) is 6.41. The number of anilines is 1. The number of fused-ring (bicyclic) bond motifs is 3. The average Bonchev–Trinajstić information content (AvgIpc) is 3.32. The Morgan fingerprint density at radius 3 is 2.18 bits per heavy atom. The minimum atomic E-state index is -5.16. The van der Waals surface area contributed by atoms with Gasteiger partial charge in [-0.15, -0.1) is 0 Å². The van der Waals surface area contributed by atoms with Crippen LogP contribution in [-0.4, -0.2) is 27.8 Å². The number of carbonyl (C=O) groups excluding carboxylic acids is 2. The van der Waals surface area contributed by atoms with Crippen LogP contribution in [0.2, 0.25) is 0 Å². The van der Waals surface area contributed by atoms with E-state index in [0.29, 0.717) is 35.4 Å². The van der Waals surface area contributed by atoms with Crippen molar-refractivity contribution in [2.75, 3.05) is 4.90 Å². The normalized spacial score (nSPS) is 31.0. The van der Waals surface area contributed by atoms with Gasteiger partial charge in [-0.05, 0) is 55.2 Å². The summed E-state index contributed by atoms with van der Waals surface area (Å²) in [6.45, 7) is 1.85. The lowest BCUT2D eigenvalue weighted by Crippen LogP contribution is -2.53. The first-order valence-electron chi connectivity index (χ1n) is 12.5. The average molecular weight is 557 g/mol. The molecule has 2 aromatic carbocycles. The van der Waals surface area contributed by atoms with E-state index in [-0.39, 0.29) is 24.7 Å². The Hall–Kier alpha value is -3.12. The molecule has 0 bridgehead atoms. The first kappa shape index (κ1) is 27.4. The Morgan fingerprint density at radius 2 is 1.62 bits per heavy atom. The summed E-state index contributed by atoms with van der Waals surface area (Å²) >= 11 is 0. The van der Waals surface area contributed by atoms with Crippen LogP contribution in [-0.2, 0) is 26.7 Å². The number of hydrogen-bond donors (Lipinski definition) is 2. The van der Waals surface area contributed by atoms with Gasteiger partial charge in [0.1, 0.15) is 5.75 Å². The van der Waals surface area contributed by atoms with Gasteiger partial charge in [-0.2, -0.15) is 26.3 Å². The molecule has 2 amide bonds. The highest BCUT2D eigenvalue weighted by Crippen LogP contribution is 2.59. The second-order valence-corrected chi connectivity index (χ2v) is 10.4. The second kappa shape index (κ2) is 9.22. The number of halogens is 6. The monoisotopic (exact) mass is 557 g/mol. The SMILES string of the molecule is CCC[C@H]1C[C@@H]2C(=O)N(c3cc(C(F)(F)F)cc(C(F)(F)F)c3)C(=O)[C@@H]2[C@@H]2C[C@@H](c3cccc(O)c3)O[C@]12O. The van der Waals surface area contributed by atoms with Gasteiger partial charge in [0.25, 0.3) is 0 Å². The zero-order valence-corrected chi connectivity index (χ0v) is 20.6. The Morgan fingerprint density at radius 1 is 0.974 bits per heavy atom. The highest BCUT2D eigenvalue weighted by atomic mass is 19.4. The smallest absolute Gasteiger partial charge is 0.416 e. The molecule has 2 aromatic rings. The number of ether oxygens (including phenoxy) is 1. The van der Waals surface area contributed by atoms with Gasteiger partial charge in [-0.3, -0.25) is 14.5 Å². The lowest BCUT2D eigenvalue weighted by atomic mass is 9.63. The molecule has 3 fully saturated rings. The Balaban J connectivity index is 1.57. The number of aliphatic hydroxyl groups is 1. The number of aromatic hydroxyl groups is 1. The predicted octanol–water partition coefficient (Wildman–Crippen LogP) is 5.82. The van der Waals surface area contributed by atoms with Crippen molar-refractivity contribution in [1.82, 2.24) is 0 Å². The molecule has 3 aliphatic rings. The number of hydrogen-bond acceptors (Lipinski definition) is 5. The minimum absolute atomic E-state index is 0.0234. The number of imide groups is 1. The van der Waals surface area contributed by atoms with E-state index in [2.05, 4.69) is 0 Å². The van der Waals surface area contributed by atoms with Crippen LogP contribution in [0.4, 0.5) is 32.0 Å². The van der Waals surface area contributed by atoms with E-state index < -0.39 is 76.5 Å². The van der Waals surface area contributed by atoms with E-state index in [4.69, 9.17) is 4.74 Å². The largest absolute Gasteiger partial charge is 0.508 e. The lowest BCUT2D eigenvalue weighted by molar-refractivity contribution is -0.270. The van der Waals surface area contributed by atoms with Crippen LogP contribution in [0.25, 0.3) is 0 Å². The van der Waals surface area contributed by atoms with E-state index in [0.717, 1.165) is 0 Å². The predicted molar refractivity (Wildman–Crippen MR) is 124 cm³/mol. The van der Waals surface area contributed by atoms with E-state index in [1.165, 1.54) is 12.1 Å². The summed E-state index contributed by atoms with van der Waals surface area (Å²) < 4.78 is 87.0. The maximum Gasteiger partial charge on any atom is 0.416 e. The maximum atomic E-state index is 13.7. The maximum absolute atomic E-state index is 13.7. The van der Waals surface area contributed by atoms with Gasteiger partial charge >= 0.3 is 12.4 Å². The molecule has 1 saturated carbocycles. The molecule has 6 atom stereocenters. The molecule has 39 heavy (non-hydrogen) atoms. The molecule has 2 aliphatic heterocycles. The highest BCUT2D eigenvalue weighted by Gasteiger charge is 2.66. The van der Waals surface area contributed by atoms with Crippen molar-refractivity contribution in [3.05, 3.63) is 59.2 Å². The molecule has 0 spiro atoms. The first-order chi connectivity index (χ1) is 18.1. The lowest BCUT2D eigenvalue weighted by Gasteiger charge is -2.44. The van der Waals surface area contributed by atoms with Crippen molar-refractivity contribution in [1.29, 1.82) is 0 Å². The summed E-state index contributed by atoms with van der Waals surface area (Å²) in [7, 11) is 0. The summed E-state index contributed by atoms with van der Waals surface area (Å²) in [6, 6.07) is 6.76. The molecule has 2 N–H and O–H groups in total. The third-order valence-electron chi connectivity index (χ3n) is 8.07. The Labute approximate surface area is 219 Å². The number of benzene rings is 2. The van der Waals surface area contributed by atoms with Crippen molar-refractivity contribution in [3.63, 3.8) is 0 Å². The molecule has 12 heteroatoms. The van der Waals surface area contributed by atoms with Crippen LogP contribution in [0.5, 0.6) is 5.75 Å². The molecule has 1 aliphatic carbocycles. The van der Waals surface area contributed by atoms with Crippen LogP contribution < -0.4 is 4.90 Å². The summed E-state index contributed by atoms with van der Waals surface area (Å²) in [4.78, 5) is 27.6. The summed E-state index contributed by atoms with van der Waals surface area (Å²) in [5.74, 6) is -7.60. The van der Waals surface area contributed by atoms with E-state index in [1.54, 1.807) is 12.1 Å². The van der Waals surface area contributed by atoms with Crippen molar-refractivity contribution < 1.29 is 50.9 Å². The number of rotatable bonds is 4. The van der Waals surface area contributed by atoms with Crippen molar-refractivity contribution >= 4 is 17.5 Å². The van der Waals surface area contributed by atoms with Crippen molar-refractivity contribution in [2.45, 2.75) is 56.9 Å². The number of phenolic OH excluding ortho intramolecular Hbond substituents is 1. The quantitative estimate of drug-likeness (QED) is 0.366. The van der Waals surface area contributed by atoms with E-state index in [1.807, 2.05) is 6.92 Å². The molecule has 6 nitrogen and oxygen atoms in total. The molecule has 0 radical (unpaired) electrons. The highest BCUT2D eigenvalue weighted by molar-refractivity contribution is 6.22. The molecule has 2 heterocycles. The van der Waals surface area contributed by atoms with Crippen molar-refractivity contribution in [2.24, 2.45) is 23.7 Å². The van der Waals surface area contributed by atoms with Crippen LogP contribution in [0.3, 0.4) is 0 Å². The van der Waals surface area contributed by atoms with Gasteiger partial charge in [0.15, 0.2) is 5.79 Å².